The zero-order chi connectivity index (χ0) is 17.2. The Hall–Kier alpha value is -2.74. The van der Waals surface area contributed by atoms with Crippen LogP contribution >= 0.6 is 0 Å². The van der Waals surface area contributed by atoms with Crippen LogP contribution in [0.25, 0.3) is 5.65 Å². The quantitative estimate of drug-likeness (QED) is 0.779. The van der Waals surface area contributed by atoms with Gasteiger partial charge in [-0.1, -0.05) is 11.2 Å². The summed E-state index contributed by atoms with van der Waals surface area (Å²) in [6.07, 6.45) is 5.11. The van der Waals surface area contributed by atoms with E-state index in [1.807, 2.05) is 12.1 Å². The predicted molar refractivity (Wildman–Crippen MR) is 88.0 cm³/mol. The minimum atomic E-state index is -0.337. The second-order valence-electron chi connectivity index (χ2n) is 6.15. The van der Waals surface area contributed by atoms with E-state index >= 15 is 0 Å². The van der Waals surface area contributed by atoms with Crippen molar-refractivity contribution in [2.24, 2.45) is 5.92 Å². The number of hydrogen-bond acceptors (Lipinski definition) is 6. The Labute approximate surface area is 144 Å². The Bertz CT molecular complexity index is 881. The fourth-order valence-electron chi connectivity index (χ4n) is 3.22. The number of nitrogens with one attached hydrogen (secondary N) is 1. The van der Waals surface area contributed by atoms with E-state index in [1.54, 1.807) is 29.8 Å². The molecule has 1 aliphatic heterocycles. The van der Waals surface area contributed by atoms with Gasteiger partial charge in [-0.3, -0.25) is 9.20 Å². The van der Waals surface area contributed by atoms with E-state index in [0.717, 1.165) is 18.5 Å². The molecule has 1 fully saturated rings. The van der Waals surface area contributed by atoms with E-state index in [0.29, 0.717) is 30.6 Å². The minimum absolute atomic E-state index is 0.194. The molecular weight excluding hydrogens is 322 g/mol. The Kier molecular flexibility index (Phi) is 4.19. The van der Waals surface area contributed by atoms with Gasteiger partial charge < -0.3 is 14.6 Å². The molecule has 8 nitrogen and oxygen atoms in total. The smallest absolute Gasteiger partial charge is 0.268 e. The molecule has 25 heavy (non-hydrogen) atoms. The molecule has 1 saturated heterocycles. The molecule has 0 aromatic carbocycles. The van der Waals surface area contributed by atoms with Crippen molar-refractivity contribution in [3.05, 3.63) is 48.0 Å². The second kappa shape index (κ2) is 6.64. The Morgan fingerprint density at radius 2 is 2.20 bits per heavy atom. The van der Waals surface area contributed by atoms with Crippen molar-refractivity contribution in [2.45, 2.75) is 25.8 Å². The topological polar surface area (TPSA) is 94.6 Å². The highest BCUT2D eigenvalue weighted by Crippen LogP contribution is 2.29. The second-order valence-corrected chi connectivity index (χ2v) is 6.15. The van der Waals surface area contributed by atoms with Gasteiger partial charge >= 0.3 is 0 Å². The van der Waals surface area contributed by atoms with E-state index in [9.17, 15) is 4.79 Å². The Balaban J connectivity index is 1.63. The SMILES string of the molecule is Cc1noc([C@H](NC(=O)c2cccc3nccn23)C2CCOCC2)n1. The zero-order valence-electron chi connectivity index (χ0n) is 13.9. The van der Waals surface area contributed by atoms with Gasteiger partial charge in [0, 0.05) is 25.6 Å². The molecule has 4 heterocycles. The van der Waals surface area contributed by atoms with Crippen LogP contribution in [0.15, 0.2) is 35.1 Å². The number of carbonyl (C=O) groups is 1. The molecule has 1 N–H and O–H groups in total. The summed E-state index contributed by atoms with van der Waals surface area (Å²) in [6, 6.07) is 5.10. The van der Waals surface area contributed by atoms with Gasteiger partial charge in [0.2, 0.25) is 5.89 Å². The van der Waals surface area contributed by atoms with Crippen LogP contribution in [0.1, 0.15) is 41.1 Å². The zero-order valence-corrected chi connectivity index (χ0v) is 13.9. The fraction of sp³-hybridized carbons (Fsp3) is 0.412. The lowest BCUT2D eigenvalue weighted by Gasteiger charge is -2.28. The molecule has 0 unspecified atom stereocenters. The molecule has 0 saturated carbocycles. The van der Waals surface area contributed by atoms with Crippen molar-refractivity contribution in [1.82, 2.24) is 24.8 Å². The third-order valence-electron chi connectivity index (χ3n) is 4.49. The number of ether oxygens (including phenoxy) is 1. The average molecular weight is 341 g/mol. The average Bonchev–Trinajstić information content (AvgIpc) is 3.28. The van der Waals surface area contributed by atoms with Crippen LogP contribution in [0.5, 0.6) is 0 Å². The molecule has 130 valence electrons. The van der Waals surface area contributed by atoms with Gasteiger partial charge in [0.25, 0.3) is 5.91 Å². The molecule has 1 amide bonds. The third kappa shape index (κ3) is 3.12. The molecule has 1 atom stereocenters. The molecule has 3 aromatic heterocycles. The maximum atomic E-state index is 12.9. The molecular formula is C17H19N5O3. The van der Waals surface area contributed by atoms with Crippen LogP contribution in [0, 0.1) is 12.8 Å². The first-order chi connectivity index (χ1) is 12.2. The number of nitrogens with zero attached hydrogens (tertiary/aromatic N) is 4. The van der Waals surface area contributed by atoms with Crippen molar-refractivity contribution >= 4 is 11.6 Å². The highest BCUT2D eigenvalue weighted by molar-refractivity contribution is 5.93. The van der Waals surface area contributed by atoms with Gasteiger partial charge in [-0.05, 0) is 37.8 Å². The largest absolute Gasteiger partial charge is 0.381 e. The Morgan fingerprint density at radius 3 is 2.96 bits per heavy atom. The van der Waals surface area contributed by atoms with Crippen LogP contribution in [0.4, 0.5) is 0 Å². The van der Waals surface area contributed by atoms with Gasteiger partial charge in [0.15, 0.2) is 5.82 Å². The molecule has 1 aliphatic rings. The molecule has 0 spiro atoms. The standard InChI is InChI=1S/C17H19N5O3/c1-11-19-17(25-21-11)15(12-5-9-24-10-6-12)20-16(23)13-3-2-4-14-18-7-8-22(13)14/h2-4,7-8,12,15H,5-6,9-10H2,1H3,(H,20,23)/t15-/m1/s1. The first-order valence-electron chi connectivity index (χ1n) is 8.33. The number of rotatable bonds is 4. The number of hydrogen-bond donors (Lipinski definition) is 1. The van der Waals surface area contributed by atoms with E-state index in [2.05, 4.69) is 20.4 Å². The minimum Gasteiger partial charge on any atom is -0.381 e. The normalized spacial score (nSPS) is 16.8. The van der Waals surface area contributed by atoms with Gasteiger partial charge in [-0.25, -0.2) is 4.98 Å². The summed E-state index contributed by atoms with van der Waals surface area (Å²) in [7, 11) is 0. The fourth-order valence-corrected chi connectivity index (χ4v) is 3.22. The van der Waals surface area contributed by atoms with Crippen LogP contribution in [0.3, 0.4) is 0 Å². The molecule has 4 rings (SSSR count). The summed E-state index contributed by atoms with van der Waals surface area (Å²) in [5.74, 6) is 0.990. The number of pyridine rings is 1. The lowest BCUT2D eigenvalue weighted by Crippen LogP contribution is -2.37. The van der Waals surface area contributed by atoms with Crippen LogP contribution in [-0.4, -0.2) is 38.6 Å². The van der Waals surface area contributed by atoms with Crippen LogP contribution in [-0.2, 0) is 4.74 Å². The summed E-state index contributed by atoms with van der Waals surface area (Å²) in [4.78, 5) is 21.5. The van der Waals surface area contributed by atoms with Crippen molar-refractivity contribution in [3.8, 4) is 0 Å². The van der Waals surface area contributed by atoms with Crippen LogP contribution in [0.2, 0.25) is 0 Å². The number of amides is 1. The highest BCUT2D eigenvalue weighted by atomic mass is 16.5. The first-order valence-corrected chi connectivity index (χ1v) is 8.33. The molecule has 0 radical (unpaired) electrons. The molecule has 8 heteroatoms. The first kappa shape index (κ1) is 15.8. The Morgan fingerprint density at radius 1 is 1.36 bits per heavy atom. The van der Waals surface area contributed by atoms with Crippen molar-refractivity contribution < 1.29 is 14.1 Å². The lowest BCUT2D eigenvalue weighted by atomic mass is 9.91. The summed E-state index contributed by atoms with van der Waals surface area (Å²) >= 11 is 0. The number of aromatic nitrogens is 4. The number of aryl methyl sites for hydroxylation is 1. The lowest BCUT2D eigenvalue weighted by molar-refractivity contribution is 0.0466. The summed E-state index contributed by atoms with van der Waals surface area (Å²) in [5.41, 5.74) is 1.24. The van der Waals surface area contributed by atoms with Crippen LogP contribution < -0.4 is 5.32 Å². The summed E-state index contributed by atoms with van der Waals surface area (Å²) in [5, 5.41) is 6.95. The van der Waals surface area contributed by atoms with Gasteiger partial charge in [0.1, 0.15) is 17.4 Å². The number of carbonyl (C=O) groups excluding carboxylic acids is 1. The van der Waals surface area contributed by atoms with Gasteiger partial charge in [-0.15, -0.1) is 0 Å². The van der Waals surface area contributed by atoms with Gasteiger partial charge in [-0.2, -0.15) is 4.98 Å². The van der Waals surface area contributed by atoms with Crippen molar-refractivity contribution in [3.63, 3.8) is 0 Å². The van der Waals surface area contributed by atoms with E-state index < -0.39 is 0 Å². The highest BCUT2D eigenvalue weighted by Gasteiger charge is 2.31. The van der Waals surface area contributed by atoms with Crippen molar-refractivity contribution in [1.29, 1.82) is 0 Å². The number of fused-ring (bicyclic) bond motifs is 1. The van der Waals surface area contributed by atoms with Crippen molar-refractivity contribution in [2.75, 3.05) is 13.2 Å². The third-order valence-corrected chi connectivity index (χ3v) is 4.49. The van der Waals surface area contributed by atoms with E-state index in [-0.39, 0.29) is 17.9 Å². The number of imidazole rings is 1. The predicted octanol–water partition coefficient (Wildman–Crippen LogP) is 1.92. The molecule has 0 bridgehead atoms. The maximum absolute atomic E-state index is 12.9. The van der Waals surface area contributed by atoms with E-state index in [4.69, 9.17) is 9.26 Å². The van der Waals surface area contributed by atoms with E-state index in [1.165, 1.54) is 0 Å². The maximum Gasteiger partial charge on any atom is 0.268 e. The monoisotopic (exact) mass is 341 g/mol. The molecule has 0 aliphatic carbocycles. The van der Waals surface area contributed by atoms with Gasteiger partial charge in [0.05, 0.1) is 0 Å². The summed E-state index contributed by atoms with van der Waals surface area (Å²) in [6.45, 7) is 3.10. The molecule has 3 aromatic rings. The summed E-state index contributed by atoms with van der Waals surface area (Å²) < 4.78 is 12.5.